The van der Waals surface area contributed by atoms with E-state index in [1.54, 1.807) is 0 Å². The number of nitriles is 1. The van der Waals surface area contributed by atoms with Crippen LogP contribution in [-0.4, -0.2) is 19.8 Å². The van der Waals surface area contributed by atoms with Crippen molar-refractivity contribution in [2.45, 2.75) is 6.42 Å². The molecule has 0 aliphatic heterocycles. The van der Waals surface area contributed by atoms with Crippen LogP contribution in [0, 0.1) is 11.3 Å². The van der Waals surface area contributed by atoms with Gasteiger partial charge in [0.2, 0.25) is 0 Å². The lowest BCUT2D eigenvalue weighted by molar-refractivity contribution is 0.133. The van der Waals surface area contributed by atoms with E-state index >= 15 is 0 Å². The zero-order valence-electron chi connectivity index (χ0n) is 8.42. The maximum Gasteiger partial charge on any atom is 0.475 e. The molecule has 0 fully saturated rings. The third kappa shape index (κ3) is 7.06. The fraction of sp³-hybridized carbons (Fsp3) is 0.444. The van der Waals surface area contributed by atoms with Gasteiger partial charge in [-0.3, -0.25) is 13.6 Å². The molecule has 0 aromatic heterocycles. The van der Waals surface area contributed by atoms with Gasteiger partial charge in [0.15, 0.2) is 0 Å². The number of phosphoric acid groups is 1. The fourth-order valence-corrected chi connectivity index (χ4v) is 1.72. The van der Waals surface area contributed by atoms with Gasteiger partial charge < -0.3 is 0 Å². The SMILES string of the molecule is C=CCOP(=O)(OCC=C)OCCC#N. The van der Waals surface area contributed by atoms with Crippen LogP contribution < -0.4 is 0 Å². The molecule has 0 spiro atoms. The Balaban J connectivity index is 4.14. The molecule has 5 nitrogen and oxygen atoms in total. The number of rotatable bonds is 9. The highest BCUT2D eigenvalue weighted by atomic mass is 31.2. The van der Waals surface area contributed by atoms with Gasteiger partial charge in [-0.05, 0) is 0 Å². The summed E-state index contributed by atoms with van der Waals surface area (Å²) in [6.07, 6.45) is 2.98. The van der Waals surface area contributed by atoms with Crippen molar-refractivity contribution in [3.8, 4) is 6.07 Å². The van der Waals surface area contributed by atoms with Gasteiger partial charge in [-0.2, -0.15) is 5.26 Å². The summed E-state index contributed by atoms with van der Waals surface area (Å²) in [5.41, 5.74) is 0. The highest BCUT2D eigenvalue weighted by Crippen LogP contribution is 2.49. The molecule has 84 valence electrons. The predicted octanol–water partition coefficient (Wildman–Crippen LogP) is 2.43. The summed E-state index contributed by atoms with van der Waals surface area (Å²) in [6, 6.07) is 1.85. The van der Waals surface area contributed by atoms with E-state index in [4.69, 9.17) is 18.8 Å². The van der Waals surface area contributed by atoms with Crippen LogP contribution in [-0.2, 0) is 18.1 Å². The average molecular weight is 231 g/mol. The maximum absolute atomic E-state index is 11.7. The molecular formula is C9H14NO4P. The minimum absolute atomic E-state index is 0.00205. The van der Waals surface area contributed by atoms with Crippen LogP contribution >= 0.6 is 7.82 Å². The Morgan fingerprint density at radius 1 is 1.20 bits per heavy atom. The Morgan fingerprint density at radius 2 is 1.73 bits per heavy atom. The lowest BCUT2D eigenvalue weighted by Crippen LogP contribution is -2.01. The average Bonchev–Trinajstić information content (AvgIpc) is 2.24. The third-order valence-electron chi connectivity index (χ3n) is 1.16. The number of hydrogen-bond acceptors (Lipinski definition) is 5. The Hall–Kier alpha value is -0.920. The second-order valence-corrected chi connectivity index (χ2v) is 4.03. The molecule has 0 amide bonds. The molecule has 0 aromatic rings. The van der Waals surface area contributed by atoms with E-state index < -0.39 is 7.82 Å². The van der Waals surface area contributed by atoms with Crippen molar-refractivity contribution in [1.29, 1.82) is 5.26 Å². The van der Waals surface area contributed by atoms with Crippen molar-refractivity contribution in [1.82, 2.24) is 0 Å². The smallest absolute Gasteiger partial charge is 0.286 e. The van der Waals surface area contributed by atoms with E-state index in [1.165, 1.54) is 12.2 Å². The number of phosphoric ester groups is 1. The second kappa shape index (κ2) is 8.39. The maximum atomic E-state index is 11.7. The van der Waals surface area contributed by atoms with Gasteiger partial charge >= 0.3 is 7.82 Å². The molecule has 0 N–H and O–H groups in total. The molecule has 0 saturated heterocycles. The Bertz CT molecular complexity index is 268. The van der Waals surface area contributed by atoms with Crippen LogP contribution in [0.4, 0.5) is 0 Å². The highest BCUT2D eigenvalue weighted by molar-refractivity contribution is 7.48. The van der Waals surface area contributed by atoms with E-state index in [1.807, 2.05) is 6.07 Å². The molecule has 0 atom stereocenters. The first-order chi connectivity index (χ1) is 7.18. The summed E-state index contributed by atoms with van der Waals surface area (Å²) in [7, 11) is -3.58. The number of hydrogen-bond donors (Lipinski definition) is 0. The van der Waals surface area contributed by atoms with Gasteiger partial charge in [0.25, 0.3) is 0 Å². The number of nitrogens with zero attached hydrogens (tertiary/aromatic N) is 1. The van der Waals surface area contributed by atoms with Crippen LogP contribution in [0.2, 0.25) is 0 Å². The summed E-state index contributed by atoms with van der Waals surface area (Å²) in [5, 5.41) is 8.28. The van der Waals surface area contributed by atoms with Gasteiger partial charge in [0.1, 0.15) is 0 Å². The summed E-state index contributed by atoms with van der Waals surface area (Å²) in [5.74, 6) is 0. The summed E-state index contributed by atoms with van der Waals surface area (Å²) >= 11 is 0. The molecule has 6 heteroatoms. The normalized spacial score (nSPS) is 10.6. The third-order valence-corrected chi connectivity index (χ3v) is 2.59. The molecule has 0 rings (SSSR count). The molecule has 0 aliphatic carbocycles. The molecule has 0 aromatic carbocycles. The molecule has 0 unspecified atom stereocenters. The summed E-state index contributed by atoms with van der Waals surface area (Å²) < 4.78 is 26.3. The van der Waals surface area contributed by atoms with Crippen molar-refractivity contribution in [3.63, 3.8) is 0 Å². The minimum atomic E-state index is -3.58. The van der Waals surface area contributed by atoms with Gasteiger partial charge in [-0.1, -0.05) is 12.2 Å². The minimum Gasteiger partial charge on any atom is -0.286 e. The van der Waals surface area contributed by atoms with Crippen LogP contribution in [0.15, 0.2) is 25.3 Å². The van der Waals surface area contributed by atoms with Crippen molar-refractivity contribution >= 4 is 7.82 Å². The van der Waals surface area contributed by atoms with Crippen LogP contribution in [0.5, 0.6) is 0 Å². The van der Waals surface area contributed by atoms with Crippen molar-refractivity contribution < 1.29 is 18.1 Å². The Labute approximate surface area is 89.6 Å². The molecule has 0 radical (unpaired) electrons. The summed E-state index contributed by atoms with van der Waals surface area (Å²) in [6.45, 7) is 6.94. The lowest BCUT2D eigenvalue weighted by Gasteiger charge is -2.15. The van der Waals surface area contributed by atoms with E-state index in [0.717, 1.165) is 0 Å². The molecule has 15 heavy (non-hydrogen) atoms. The fourth-order valence-electron chi connectivity index (χ4n) is 0.603. The van der Waals surface area contributed by atoms with E-state index in [2.05, 4.69) is 13.2 Å². The first-order valence-electron chi connectivity index (χ1n) is 4.31. The largest absolute Gasteiger partial charge is 0.475 e. The zero-order chi connectivity index (χ0) is 11.6. The van der Waals surface area contributed by atoms with Crippen LogP contribution in [0.25, 0.3) is 0 Å². The van der Waals surface area contributed by atoms with E-state index in [9.17, 15) is 4.57 Å². The first kappa shape index (κ1) is 14.1. The van der Waals surface area contributed by atoms with Gasteiger partial charge in [0, 0.05) is 0 Å². The van der Waals surface area contributed by atoms with Crippen molar-refractivity contribution in [2.24, 2.45) is 0 Å². The topological polar surface area (TPSA) is 68.6 Å². The second-order valence-electron chi connectivity index (χ2n) is 2.36. The van der Waals surface area contributed by atoms with Crippen LogP contribution in [0.1, 0.15) is 6.42 Å². The van der Waals surface area contributed by atoms with Gasteiger partial charge in [-0.15, -0.1) is 13.2 Å². The quantitative estimate of drug-likeness (QED) is 0.346. The standard InChI is InChI=1S/C9H14NO4P/c1-3-7-12-15(11,13-8-4-2)14-9-5-6-10/h3-4H,1-2,5,7-9H2. The predicted molar refractivity (Wildman–Crippen MR) is 56.1 cm³/mol. The summed E-state index contributed by atoms with van der Waals surface area (Å²) in [4.78, 5) is 0. The van der Waals surface area contributed by atoms with E-state index in [-0.39, 0.29) is 26.2 Å². The van der Waals surface area contributed by atoms with Crippen LogP contribution in [0.3, 0.4) is 0 Å². The molecule has 0 aliphatic rings. The Kier molecular flexibility index (Phi) is 7.88. The molecule has 0 heterocycles. The van der Waals surface area contributed by atoms with Crippen molar-refractivity contribution in [3.05, 3.63) is 25.3 Å². The van der Waals surface area contributed by atoms with E-state index in [0.29, 0.717) is 0 Å². The molecular weight excluding hydrogens is 217 g/mol. The highest BCUT2D eigenvalue weighted by Gasteiger charge is 2.25. The lowest BCUT2D eigenvalue weighted by atomic mass is 10.5. The zero-order valence-corrected chi connectivity index (χ0v) is 9.32. The monoisotopic (exact) mass is 231 g/mol. The van der Waals surface area contributed by atoms with Gasteiger partial charge in [0.05, 0.1) is 32.3 Å². The van der Waals surface area contributed by atoms with Crippen molar-refractivity contribution in [2.75, 3.05) is 19.8 Å². The first-order valence-corrected chi connectivity index (χ1v) is 5.77. The molecule has 0 saturated carbocycles. The molecule has 0 bridgehead atoms. The van der Waals surface area contributed by atoms with Gasteiger partial charge in [-0.25, -0.2) is 4.57 Å². The Morgan fingerprint density at radius 3 is 2.13 bits per heavy atom.